The summed E-state index contributed by atoms with van der Waals surface area (Å²) in [7, 11) is 0. The Bertz CT molecular complexity index is 1130. The number of thiophene rings is 1. The van der Waals surface area contributed by atoms with E-state index >= 15 is 0 Å². The molecule has 2 heteroatoms. The maximum absolute atomic E-state index is 5.83. The number of fused-ring (bicyclic) bond motifs is 1. The third-order valence-electron chi connectivity index (χ3n) is 5.08. The van der Waals surface area contributed by atoms with E-state index in [2.05, 4.69) is 73.4 Å². The molecule has 0 spiro atoms. The molecular formula is C28H26OS. The van der Waals surface area contributed by atoms with Crippen LogP contribution in [-0.2, 0) is 0 Å². The van der Waals surface area contributed by atoms with Gasteiger partial charge >= 0.3 is 0 Å². The molecule has 1 heterocycles. The lowest BCUT2D eigenvalue weighted by molar-refractivity contribution is 0.305. The zero-order valence-corrected chi connectivity index (χ0v) is 18.2. The molecule has 150 valence electrons. The fraction of sp³-hybridized carbons (Fsp3) is 0.214. The summed E-state index contributed by atoms with van der Waals surface area (Å²) < 4.78 is 7.14. The third kappa shape index (κ3) is 5.12. The predicted octanol–water partition coefficient (Wildman–Crippen LogP) is 7.93. The van der Waals surface area contributed by atoms with Gasteiger partial charge in [0.25, 0.3) is 0 Å². The van der Waals surface area contributed by atoms with Gasteiger partial charge in [-0.15, -0.1) is 11.3 Å². The molecule has 0 aliphatic rings. The Morgan fingerprint density at radius 1 is 0.800 bits per heavy atom. The molecule has 0 aliphatic carbocycles. The van der Waals surface area contributed by atoms with Crippen LogP contribution >= 0.6 is 11.3 Å². The van der Waals surface area contributed by atoms with E-state index in [9.17, 15) is 0 Å². The van der Waals surface area contributed by atoms with Gasteiger partial charge in [-0.3, -0.25) is 0 Å². The minimum absolute atomic E-state index is 0.785. The lowest BCUT2D eigenvalue weighted by atomic mass is 10.1. The standard InChI is InChI=1S/C28H26OS/c1-2-3-4-9-20-29-25-18-15-22(16-19-25)14-17-23-10-5-7-12-26(23)28-21-24-11-6-8-13-27(24)30-28/h5-8,10-13,15-16,18-19,21H,2-4,9,20H2,1H3. The van der Waals surface area contributed by atoms with Crippen LogP contribution < -0.4 is 4.74 Å². The Morgan fingerprint density at radius 2 is 1.60 bits per heavy atom. The highest BCUT2D eigenvalue weighted by Gasteiger charge is 2.07. The minimum Gasteiger partial charge on any atom is -0.494 e. The van der Waals surface area contributed by atoms with Crippen molar-refractivity contribution in [3.63, 3.8) is 0 Å². The molecule has 0 saturated carbocycles. The molecule has 0 bridgehead atoms. The van der Waals surface area contributed by atoms with Crippen LogP contribution in [0.1, 0.15) is 43.7 Å². The molecule has 30 heavy (non-hydrogen) atoms. The Hall–Kier alpha value is -3.02. The van der Waals surface area contributed by atoms with Crippen LogP contribution in [0.15, 0.2) is 78.9 Å². The number of benzene rings is 3. The molecule has 4 aromatic rings. The number of hydrogen-bond donors (Lipinski definition) is 0. The summed E-state index contributed by atoms with van der Waals surface area (Å²) in [6.45, 7) is 3.01. The van der Waals surface area contributed by atoms with E-state index in [1.165, 1.54) is 39.8 Å². The van der Waals surface area contributed by atoms with Gasteiger partial charge in [0.1, 0.15) is 5.75 Å². The van der Waals surface area contributed by atoms with Crippen LogP contribution in [0.3, 0.4) is 0 Å². The van der Waals surface area contributed by atoms with Crippen molar-refractivity contribution in [2.75, 3.05) is 6.61 Å². The summed E-state index contributed by atoms with van der Waals surface area (Å²) in [4.78, 5) is 1.26. The van der Waals surface area contributed by atoms with Gasteiger partial charge in [0.05, 0.1) is 6.61 Å². The van der Waals surface area contributed by atoms with Gasteiger partial charge in [0.15, 0.2) is 0 Å². The van der Waals surface area contributed by atoms with Crippen LogP contribution in [0.5, 0.6) is 5.75 Å². The number of rotatable bonds is 7. The van der Waals surface area contributed by atoms with Crippen molar-refractivity contribution in [2.24, 2.45) is 0 Å². The van der Waals surface area contributed by atoms with Crippen LogP contribution in [0, 0.1) is 11.8 Å². The number of hydrogen-bond acceptors (Lipinski definition) is 2. The van der Waals surface area contributed by atoms with E-state index in [-0.39, 0.29) is 0 Å². The summed E-state index contributed by atoms with van der Waals surface area (Å²) in [6.07, 6.45) is 4.88. The van der Waals surface area contributed by atoms with E-state index in [0.29, 0.717) is 0 Å². The lowest BCUT2D eigenvalue weighted by Gasteiger charge is -2.05. The van der Waals surface area contributed by atoms with Crippen LogP contribution in [0.25, 0.3) is 20.5 Å². The highest BCUT2D eigenvalue weighted by atomic mass is 32.1. The molecule has 0 fully saturated rings. The Kier molecular flexibility index (Phi) is 6.85. The van der Waals surface area contributed by atoms with Gasteiger partial charge in [0, 0.05) is 26.3 Å². The van der Waals surface area contributed by atoms with E-state index in [1.807, 2.05) is 35.6 Å². The Balaban J connectivity index is 1.48. The predicted molar refractivity (Wildman–Crippen MR) is 129 cm³/mol. The van der Waals surface area contributed by atoms with E-state index < -0.39 is 0 Å². The topological polar surface area (TPSA) is 9.23 Å². The van der Waals surface area contributed by atoms with Gasteiger partial charge in [-0.1, -0.05) is 74.4 Å². The highest BCUT2D eigenvalue weighted by molar-refractivity contribution is 7.22. The van der Waals surface area contributed by atoms with Crippen LogP contribution in [0.4, 0.5) is 0 Å². The van der Waals surface area contributed by atoms with Crippen LogP contribution in [-0.4, -0.2) is 6.61 Å². The average Bonchev–Trinajstić information content (AvgIpc) is 3.23. The molecule has 0 atom stereocenters. The first-order chi connectivity index (χ1) is 14.8. The Labute approximate surface area is 183 Å². The second-order valence-corrected chi connectivity index (χ2v) is 8.46. The van der Waals surface area contributed by atoms with Crippen molar-refractivity contribution in [1.82, 2.24) is 0 Å². The quantitative estimate of drug-likeness (QED) is 0.222. The molecule has 1 aromatic heterocycles. The van der Waals surface area contributed by atoms with Gasteiger partial charge in [-0.25, -0.2) is 0 Å². The number of unbranched alkanes of at least 4 members (excludes halogenated alkanes) is 3. The molecule has 0 saturated heterocycles. The van der Waals surface area contributed by atoms with Gasteiger partial charge in [-0.05, 0) is 54.3 Å². The third-order valence-corrected chi connectivity index (χ3v) is 6.23. The van der Waals surface area contributed by atoms with E-state index in [1.54, 1.807) is 0 Å². The monoisotopic (exact) mass is 410 g/mol. The molecule has 0 aliphatic heterocycles. The highest BCUT2D eigenvalue weighted by Crippen LogP contribution is 2.34. The fourth-order valence-corrected chi connectivity index (χ4v) is 4.52. The smallest absolute Gasteiger partial charge is 0.119 e. The SMILES string of the molecule is CCCCCCOc1ccc(C#Cc2ccccc2-c2cc3ccccc3s2)cc1. The van der Waals surface area contributed by atoms with Gasteiger partial charge < -0.3 is 4.74 Å². The van der Waals surface area contributed by atoms with Crippen molar-refractivity contribution in [3.05, 3.63) is 90.0 Å². The summed E-state index contributed by atoms with van der Waals surface area (Å²) >= 11 is 1.82. The minimum atomic E-state index is 0.785. The average molecular weight is 411 g/mol. The zero-order valence-electron chi connectivity index (χ0n) is 17.4. The first kappa shape index (κ1) is 20.3. The summed E-state index contributed by atoms with van der Waals surface area (Å²) in [5.74, 6) is 7.61. The Morgan fingerprint density at radius 3 is 2.43 bits per heavy atom. The summed E-state index contributed by atoms with van der Waals surface area (Å²) in [5, 5.41) is 1.28. The van der Waals surface area contributed by atoms with Crippen molar-refractivity contribution in [2.45, 2.75) is 32.6 Å². The maximum Gasteiger partial charge on any atom is 0.119 e. The summed E-state index contributed by atoms with van der Waals surface area (Å²) in [6, 6.07) is 27.3. The second-order valence-electron chi connectivity index (χ2n) is 7.38. The van der Waals surface area contributed by atoms with Crippen molar-refractivity contribution in [1.29, 1.82) is 0 Å². The summed E-state index contributed by atoms with van der Waals surface area (Å²) in [5.41, 5.74) is 3.25. The molecular weight excluding hydrogens is 384 g/mol. The first-order valence-electron chi connectivity index (χ1n) is 10.7. The van der Waals surface area contributed by atoms with Crippen molar-refractivity contribution in [3.8, 4) is 28.0 Å². The lowest BCUT2D eigenvalue weighted by Crippen LogP contribution is -1.96. The molecule has 1 nitrogen and oxygen atoms in total. The van der Waals surface area contributed by atoms with E-state index in [4.69, 9.17) is 4.74 Å². The zero-order chi connectivity index (χ0) is 20.6. The molecule has 0 N–H and O–H groups in total. The second kappa shape index (κ2) is 10.1. The van der Waals surface area contributed by atoms with Gasteiger partial charge in [-0.2, -0.15) is 0 Å². The first-order valence-corrected chi connectivity index (χ1v) is 11.5. The van der Waals surface area contributed by atoms with E-state index in [0.717, 1.165) is 29.9 Å². The number of ether oxygens (including phenoxy) is 1. The molecule has 0 radical (unpaired) electrons. The molecule has 0 amide bonds. The molecule has 4 rings (SSSR count). The van der Waals surface area contributed by atoms with Crippen molar-refractivity contribution < 1.29 is 4.74 Å². The van der Waals surface area contributed by atoms with Crippen LogP contribution in [0.2, 0.25) is 0 Å². The molecule has 0 unspecified atom stereocenters. The fourth-order valence-electron chi connectivity index (χ4n) is 3.41. The largest absolute Gasteiger partial charge is 0.494 e. The van der Waals surface area contributed by atoms with Gasteiger partial charge in [0.2, 0.25) is 0 Å². The maximum atomic E-state index is 5.83. The normalized spacial score (nSPS) is 10.6. The van der Waals surface area contributed by atoms with Crippen molar-refractivity contribution >= 4 is 21.4 Å². The molecule has 3 aromatic carbocycles.